The van der Waals surface area contributed by atoms with Gasteiger partial charge < -0.3 is 20.1 Å². The van der Waals surface area contributed by atoms with E-state index in [2.05, 4.69) is 10.3 Å². The number of pyridine rings is 1. The number of carbonyl (C=O) groups excluding carboxylic acids is 1. The molecule has 24 heavy (non-hydrogen) atoms. The lowest BCUT2D eigenvalue weighted by molar-refractivity contribution is -0.143. The van der Waals surface area contributed by atoms with Crippen molar-refractivity contribution >= 4 is 17.7 Å². The Bertz CT molecular complexity index is 576. The van der Waals surface area contributed by atoms with E-state index in [-0.39, 0.29) is 18.1 Å². The quantitative estimate of drug-likeness (QED) is 0.884. The van der Waals surface area contributed by atoms with Crippen molar-refractivity contribution in [2.75, 3.05) is 18.4 Å². The Morgan fingerprint density at radius 3 is 2.46 bits per heavy atom. The van der Waals surface area contributed by atoms with Crippen LogP contribution in [0.25, 0.3) is 0 Å². The molecule has 0 atom stereocenters. The minimum atomic E-state index is -0.780. The van der Waals surface area contributed by atoms with Crippen molar-refractivity contribution in [2.45, 2.75) is 44.6 Å². The summed E-state index contributed by atoms with van der Waals surface area (Å²) in [6, 6.07) is 3.33. The molecule has 7 nitrogen and oxygen atoms in total. The molecule has 2 amide bonds. The number of carboxylic acids is 1. The molecule has 0 spiro atoms. The highest BCUT2D eigenvalue weighted by Crippen LogP contribution is 2.23. The lowest BCUT2D eigenvalue weighted by Crippen LogP contribution is -2.42. The molecule has 1 saturated heterocycles. The Kier molecular flexibility index (Phi) is 5.17. The smallest absolute Gasteiger partial charge is 0.321 e. The fourth-order valence-corrected chi connectivity index (χ4v) is 3.23. The van der Waals surface area contributed by atoms with Crippen LogP contribution in [-0.4, -0.2) is 46.2 Å². The van der Waals surface area contributed by atoms with Crippen LogP contribution in [0.5, 0.6) is 5.88 Å². The maximum atomic E-state index is 12.2. The second-order valence-corrected chi connectivity index (χ2v) is 6.44. The first-order valence-corrected chi connectivity index (χ1v) is 8.53. The first kappa shape index (κ1) is 16.5. The fourth-order valence-electron chi connectivity index (χ4n) is 3.23. The largest absolute Gasteiger partial charge is 0.481 e. The molecule has 2 N–H and O–H groups in total. The van der Waals surface area contributed by atoms with Gasteiger partial charge in [-0.2, -0.15) is 0 Å². The van der Waals surface area contributed by atoms with Crippen LogP contribution in [0.3, 0.4) is 0 Å². The fraction of sp³-hybridized carbons (Fsp3) is 0.588. The van der Waals surface area contributed by atoms with Gasteiger partial charge in [0.15, 0.2) is 0 Å². The van der Waals surface area contributed by atoms with Gasteiger partial charge in [-0.1, -0.05) is 0 Å². The van der Waals surface area contributed by atoms with Gasteiger partial charge in [-0.25, -0.2) is 9.78 Å². The molecular weight excluding hydrogens is 310 g/mol. The second-order valence-electron chi connectivity index (χ2n) is 6.44. The van der Waals surface area contributed by atoms with E-state index in [1.807, 2.05) is 0 Å². The second kappa shape index (κ2) is 7.51. The van der Waals surface area contributed by atoms with Crippen molar-refractivity contribution in [3.63, 3.8) is 0 Å². The predicted molar refractivity (Wildman–Crippen MR) is 88.1 cm³/mol. The van der Waals surface area contributed by atoms with Gasteiger partial charge in [0.25, 0.3) is 0 Å². The molecule has 0 unspecified atom stereocenters. The van der Waals surface area contributed by atoms with E-state index in [4.69, 9.17) is 9.84 Å². The molecule has 2 heterocycles. The number of nitrogens with zero attached hydrogens (tertiary/aromatic N) is 2. The van der Waals surface area contributed by atoms with E-state index in [9.17, 15) is 9.59 Å². The number of carboxylic acid groups (broad SMARTS) is 1. The molecule has 2 fully saturated rings. The van der Waals surface area contributed by atoms with Crippen molar-refractivity contribution < 1.29 is 19.4 Å². The maximum Gasteiger partial charge on any atom is 0.321 e. The molecule has 2 aliphatic rings. The van der Waals surface area contributed by atoms with Gasteiger partial charge in [-0.3, -0.25) is 4.79 Å². The van der Waals surface area contributed by atoms with Crippen LogP contribution in [0.15, 0.2) is 18.3 Å². The lowest BCUT2D eigenvalue weighted by atomic mass is 9.97. The normalized spacial score (nSPS) is 19.2. The standard InChI is InChI=1S/C17H23N3O4/c21-16(22)12-7-9-20(10-8-12)17(23)19-13-5-6-15(18-11-13)24-14-3-1-2-4-14/h5-6,11-12,14H,1-4,7-10H2,(H,19,23)(H,21,22). The number of urea groups is 1. The summed E-state index contributed by atoms with van der Waals surface area (Å²) in [4.78, 5) is 29.0. The Labute approximate surface area is 141 Å². The van der Waals surface area contributed by atoms with Crippen LogP contribution < -0.4 is 10.1 Å². The molecular formula is C17H23N3O4. The first-order valence-electron chi connectivity index (χ1n) is 8.53. The molecule has 7 heteroatoms. The van der Waals surface area contributed by atoms with Gasteiger partial charge in [0, 0.05) is 19.2 Å². The number of rotatable bonds is 4. The van der Waals surface area contributed by atoms with Crippen LogP contribution >= 0.6 is 0 Å². The molecule has 1 aliphatic carbocycles. The minimum absolute atomic E-state index is 0.217. The molecule has 0 bridgehead atoms. The summed E-state index contributed by atoms with van der Waals surface area (Å²) in [5.41, 5.74) is 0.610. The molecule has 0 aromatic carbocycles. The summed E-state index contributed by atoms with van der Waals surface area (Å²) in [6.07, 6.45) is 7.40. The molecule has 1 aliphatic heterocycles. The topological polar surface area (TPSA) is 91.8 Å². The molecule has 3 rings (SSSR count). The third-order valence-electron chi connectivity index (χ3n) is 4.71. The zero-order chi connectivity index (χ0) is 16.9. The van der Waals surface area contributed by atoms with Gasteiger partial charge in [0.1, 0.15) is 6.10 Å². The monoisotopic (exact) mass is 333 g/mol. The molecule has 130 valence electrons. The molecule has 1 aromatic heterocycles. The summed E-state index contributed by atoms with van der Waals surface area (Å²) in [5, 5.41) is 11.8. The Balaban J connectivity index is 1.48. The third kappa shape index (κ3) is 4.15. The zero-order valence-corrected chi connectivity index (χ0v) is 13.6. The van der Waals surface area contributed by atoms with Crippen LogP contribution in [0, 0.1) is 5.92 Å². The van der Waals surface area contributed by atoms with Crippen molar-refractivity contribution in [1.29, 1.82) is 0 Å². The first-order chi connectivity index (χ1) is 11.6. The number of aliphatic carboxylic acids is 1. The third-order valence-corrected chi connectivity index (χ3v) is 4.71. The summed E-state index contributed by atoms with van der Waals surface area (Å²) >= 11 is 0. The van der Waals surface area contributed by atoms with Crippen molar-refractivity contribution in [1.82, 2.24) is 9.88 Å². The maximum absolute atomic E-state index is 12.2. The highest BCUT2D eigenvalue weighted by atomic mass is 16.5. The van der Waals surface area contributed by atoms with E-state index in [1.165, 1.54) is 12.8 Å². The average Bonchev–Trinajstić information content (AvgIpc) is 3.09. The summed E-state index contributed by atoms with van der Waals surface area (Å²) in [5.74, 6) is -0.540. The number of carbonyl (C=O) groups is 2. The van der Waals surface area contributed by atoms with Crippen molar-refractivity contribution in [2.24, 2.45) is 5.92 Å². The van der Waals surface area contributed by atoms with Crippen molar-refractivity contribution in [3.8, 4) is 5.88 Å². The lowest BCUT2D eigenvalue weighted by Gasteiger charge is -2.30. The number of hydrogen-bond acceptors (Lipinski definition) is 4. The SMILES string of the molecule is O=C(O)C1CCN(C(=O)Nc2ccc(OC3CCCC3)nc2)CC1. The number of ether oxygens (including phenoxy) is 1. The van der Waals surface area contributed by atoms with Gasteiger partial charge >= 0.3 is 12.0 Å². The van der Waals surface area contributed by atoms with E-state index in [1.54, 1.807) is 23.2 Å². The van der Waals surface area contributed by atoms with Crippen LogP contribution in [0.1, 0.15) is 38.5 Å². The Morgan fingerprint density at radius 1 is 1.17 bits per heavy atom. The minimum Gasteiger partial charge on any atom is -0.481 e. The average molecular weight is 333 g/mol. The number of aromatic nitrogens is 1. The number of likely N-dealkylation sites (tertiary alicyclic amines) is 1. The molecule has 0 radical (unpaired) electrons. The van der Waals surface area contributed by atoms with Crippen molar-refractivity contribution in [3.05, 3.63) is 18.3 Å². The van der Waals surface area contributed by atoms with E-state index >= 15 is 0 Å². The Morgan fingerprint density at radius 2 is 1.88 bits per heavy atom. The van der Waals surface area contributed by atoms with E-state index in [0.717, 1.165) is 12.8 Å². The highest BCUT2D eigenvalue weighted by Gasteiger charge is 2.27. The summed E-state index contributed by atoms with van der Waals surface area (Å²) < 4.78 is 5.80. The summed E-state index contributed by atoms with van der Waals surface area (Å²) in [7, 11) is 0. The number of amides is 2. The van der Waals surface area contributed by atoms with Gasteiger partial charge in [-0.05, 0) is 44.6 Å². The zero-order valence-electron chi connectivity index (χ0n) is 13.6. The number of hydrogen-bond donors (Lipinski definition) is 2. The predicted octanol–water partition coefficient (Wildman–Crippen LogP) is 2.73. The molecule has 1 aromatic rings. The van der Waals surface area contributed by atoms with Gasteiger partial charge in [0.05, 0.1) is 17.8 Å². The molecule has 1 saturated carbocycles. The Hall–Kier alpha value is -2.31. The van der Waals surface area contributed by atoms with Crippen LogP contribution in [0.4, 0.5) is 10.5 Å². The van der Waals surface area contributed by atoms with Crippen LogP contribution in [0.2, 0.25) is 0 Å². The number of anilines is 1. The number of nitrogens with one attached hydrogen (secondary N) is 1. The van der Waals surface area contributed by atoms with Gasteiger partial charge in [-0.15, -0.1) is 0 Å². The summed E-state index contributed by atoms with van der Waals surface area (Å²) in [6.45, 7) is 0.915. The van der Waals surface area contributed by atoms with E-state index < -0.39 is 5.97 Å². The van der Waals surface area contributed by atoms with Crippen LogP contribution in [-0.2, 0) is 4.79 Å². The van der Waals surface area contributed by atoms with Gasteiger partial charge in [0.2, 0.25) is 5.88 Å². The number of piperidine rings is 1. The highest BCUT2D eigenvalue weighted by molar-refractivity contribution is 5.89. The van der Waals surface area contributed by atoms with E-state index in [0.29, 0.717) is 37.5 Å².